The van der Waals surface area contributed by atoms with E-state index in [-0.39, 0.29) is 11.8 Å². The van der Waals surface area contributed by atoms with E-state index in [9.17, 15) is 4.79 Å². The van der Waals surface area contributed by atoms with Gasteiger partial charge in [0.1, 0.15) is 5.92 Å². The number of nitrogens with zero attached hydrogens (tertiary/aromatic N) is 1. The van der Waals surface area contributed by atoms with E-state index in [1.807, 2.05) is 50.2 Å². The van der Waals surface area contributed by atoms with Gasteiger partial charge in [-0.3, -0.25) is 4.79 Å². The number of hydrogen-bond donors (Lipinski definition) is 1. The summed E-state index contributed by atoms with van der Waals surface area (Å²) in [7, 11) is 0. The van der Waals surface area contributed by atoms with Crippen LogP contribution >= 0.6 is 0 Å². The summed E-state index contributed by atoms with van der Waals surface area (Å²) in [4.78, 5) is 11.7. The highest BCUT2D eigenvalue weighted by Crippen LogP contribution is 2.09. The fourth-order valence-corrected chi connectivity index (χ4v) is 1.60. The lowest BCUT2D eigenvalue weighted by Crippen LogP contribution is -2.34. The molecular weight excluding hydrogens is 212 g/mol. The van der Waals surface area contributed by atoms with Gasteiger partial charge in [0, 0.05) is 6.54 Å². The molecule has 90 valence electrons. The van der Waals surface area contributed by atoms with E-state index in [1.54, 1.807) is 0 Å². The molecule has 1 amide bonds. The molecule has 1 atom stereocenters. The second-order valence-electron chi connectivity index (χ2n) is 4.38. The van der Waals surface area contributed by atoms with Gasteiger partial charge in [-0.05, 0) is 17.9 Å². The molecule has 0 aliphatic carbocycles. The number of carbonyl (C=O) groups is 1. The highest BCUT2D eigenvalue weighted by Gasteiger charge is 2.20. The first-order valence-corrected chi connectivity index (χ1v) is 5.86. The van der Waals surface area contributed by atoms with Crippen LogP contribution in [0.2, 0.25) is 0 Å². The molecule has 0 aliphatic rings. The number of nitrogens with one attached hydrogen (secondary N) is 1. The van der Waals surface area contributed by atoms with Crippen molar-refractivity contribution in [3.8, 4) is 6.07 Å². The zero-order valence-electron chi connectivity index (χ0n) is 10.3. The molecule has 0 bridgehead atoms. The van der Waals surface area contributed by atoms with Gasteiger partial charge in [0.15, 0.2) is 0 Å². The Kier molecular flexibility index (Phi) is 5.22. The van der Waals surface area contributed by atoms with E-state index in [4.69, 9.17) is 5.26 Å². The number of carbonyl (C=O) groups excluding carboxylic acids is 1. The van der Waals surface area contributed by atoms with Crippen molar-refractivity contribution in [2.75, 3.05) is 6.54 Å². The summed E-state index contributed by atoms with van der Waals surface area (Å²) in [5.74, 6) is -0.666. The van der Waals surface area contributed by atoms with Crippen molar-refractivity contribution in [1.82, 2.24) is 5.32 Å². The van der Waals surface area contributed by atoms with Gasteiger partial charge in [0.25, 0.3) is 0 Å². The molecule has 1 rings (SSSR count). The van der Waals surface area contributed by atoms with E-state index in [0.717, 1.165) is 6.42 Å². The molecule has 0 heterocycles. The Morgan fingerprint density at radius 3 is 2.53 bits per heavy atom. The normalized spacial score (nSPS) is 11.9. The predicted molar refractivity (Wildman–Crippen MR) is 67.1 cm³/mol. The van der Waals surface area contributed by atoms with Gasteiger partial charge in [-0.15, -0.1) is 0 Å². The van der Waals surface area contributed by atoms with E-state index in [2.05, 4.69) is 5.32 Å². The minimum absolute atomic E-state index is 0.0525. The molecule has 0 aromatic heterocycles. The van der Waals surface area contributed by atoms with E-state index < -0.39 is 5.92 Å². The standard InChI is InChI=1S/C14H18N2O/c1-11(2)13(10-15)14(17)16-9-8-12-6-4-3-5-7-12/h3-7,11,13H,8-9H2,1-2H3,(H,16,17). The van der Waals surface area contributed by atoms with E-state index in [0.29, 0.717) is 6.54 Å². The summed E-state index contributed by atoms with van der Waals surface area (Å²) in [5.41, 5.74) is 1.19. The summed E-state index contributed by atoms with van der Waals surface area (Å²) in [6.07, 6.45) is 0.794. The zero-order chi connectivity index (χ0) is 12.7. The average molecular weight is 230 g/mol. The number of nitriles is 1. The van der Waals surface area contributed by atoms with Crippen LogP contribution in [0.1, 0.15) is 19.4 Å². The van der Waals surface area contributed by atoms with Crippen LogP contribution < -0.4 is 5.32 Å². The summed E-state index contributed by atoms with van der Waals surface area (Å²) in [5, 5.41) is 11.7. The smallest absolute Gasteiger partial charge is 0.237 e. The molecule has 1 aromatic carbocycles. The first kappa shape index (κ1) is 13.2. The van der Waals surface area contributed by atoms with Crippen molar-refractivity contribution < 1.29 is 4.79 Å². The van der Waals surface area contributed by atoms with Gasteiger partial charge in [0.05, 0.1) is 6.07 Å². The van der Waals surface area contributed by atoms with Crippen LogP contribution in [0.5, 0.6) is 0 Å². The fourth-order valence-electron chi connectivity index (χ4n) is 1.60. The Bertz CT molecular complexity index is 392. The Morgan fingerprint density at radius 1 is 1.35 bits per heavy atom. The lowest BCUT2D eigenvalue weighted by atomic mass is 9.96. The van der Waals surface area contributed by atoms with E-state index in [1.165, 1.54) is 5.56 Å². The van der Waals surface area contributed by atoms with Crippen LogP contribution in [0.25, 0.3) is 0 Å². The Balaban J connectivity index is 2.37. The molecule has 0 fully saturated rings. The van der Waals surface area contributed by atoms with Crippen molar-refractivity contribution in [3.63, 3.8) is 0 Å². The van der Waals surface area contributed by atoms with Crippen LogP contribution in [0.4, 0.5) is 0 Å². The second-order valence-corrected chi connectivity index (χ2v) is 4.38. The molecule has 17 heavy (non-hydrogen) atoms. The molecule has 3 nitrogen and oxygen atoms in total. The van der Waals surface area contributed by atoms with Crippen molar-refractivity contribution in [1.29, 1.82) is 5.26 Å². The maximum Gasteiger partial charge on any atom is 0.237 e. The van der Waals surface area contributed by atoms with Crippen molar-refractivity contribution in [2.24, 2.45) is 11.8 Å². The Hall–Kier alpha value is -1.82. The van der Waals surface area contributed by atoms with Gasteiger partial charge in [0.2, 0.25) is 5.91 Å². The monoisotopic (exact) mass is 230 g/mol. The number of hydrogen-bond acceptors (Lipinski definition) is 2. The lowest BCUT2D eigenvalue weighted by molar-refractivity contribution is -0.124. The summed E-state index contributed by atoms with van der Waals surface area (Å²) in [6, 6.07) is 12.0. The molecule has 0 saturated carbocycles. The minimum atomic E-state index is -0.550. The lowest BCUT2D eigenvalue weighted by Gasteiger charge is -2.12. The largest absolute Gasteiger partial charge is 0.355 e. The van der Waals surface area contributed by atoms with Crippen LogP contribution in [0.15, 0.2) is 30.3 Å². The summed E-state index contributed by atoms with van der Waals surface area (Å²) in [6.45, 7) is 4.34. The second kappa shape index (κ2) is 6.70. The molecule has 1 aromatic rings. The third-order valence-corrected chi connectivity index (χ3v) is 2.64. The highest BCUT2D eigenvalue weighted by molar-refractivity contribution is 5.81. The van der Waals surface area contributed by atoms with Crippen LogP contribution in [-0.4, -0.2) is 12.5 Å². The molecule has 1 unspecified atom stereocenters. The summed E-state index contributed by atoms with van der Waals surface area (Å²) >= 11 is 0. The molecule has 3 heteroatoms. The number of rotatable bonds is 5. The fraction of sp³-hybridized carbons (Fsp3) is 0.429. The third kappa shape index (κ3) is 4.28. The summed E-state index contributed by atoms with van der Waals surface area (Å²) < 4.78 is 0. The van der Waals surface area contributed by atoms with Crippen molar-refractivity contribution >= 4 is 5.91 Å². The quantitative estimate of drug-likeness (QED) is 0.842. The maximum atomic E-state index is 11.7. The molecule has 0 saturated heterocycles. The van der Waals surface area contributed by atoms with Crippen molar-refractivity contribution in [3.05, 3.63) is 35.9 Å². The zero-order valence-corrected chi connectivity index (χ0v) is 10.3. The molecule has 0 aliphatic heterocycles. The molecule has 0 radical (unpaired) electrons. The van der Waals surface area contributed by atoms with Crippen molar-refractivity contribution in [2.45, 2.75) is 20.3 Å². The highest BCUT2D eigenvalue weighted by atomic mass is 16.1. The Labute approximate surface area is 102 Å². The first-order valence-electron chi connectivity index (χ1n) is 5.86. The molecular formula is C14H18N2O. The third-order valence-electron chi connectivity index (χ3n) is 2.64. The van der Waals surface area contributed by atoms with Gasteiger partial charge in [-0.1, -0.05) is 44.2 Å². The number of benzene rings is 1. The van der Waals surface area contributed by atoms with Gasteiger partial charge >= 0.3 is 0 Å². The van der Waals surface area contributed by atoms with Gasteiger partial charge in [-0.2, -0.15) is 5.26 Å². The minimum Gasteiger partial charge on any atom is -0.355 e. The van der Waals surface area contributed by atoms with Crippen LogP contribution in [-0.2, 0) is 11.2 Å². The number of amides is 1. The van der Waals surface area contributed by atoms with Crippen LogP contribution in [0, 0.1) is 23.2 Å². The molecule has 0 spiro atoms. The Morgan fingerprint density at radius 2 is 2.00 bits per heavy atom. The van der Waals surface area contributed by atoms with Gasteiger partial charge in [-0.25, -0.2) is 0 Å². The molecule has 1 N–H and O–H groups in total. The van der Waals surface area contributed by atoms with Crippen LogP contribution in [0.3, 0.4) is 0 Å². The SMILES string of the molecule is CC(C)C(C#N)C(=O)NCCc1ccccc1. The topological polar surface area (TPSA) is 52.9 Å². The predicted octanol–water partition coefficient (Wildman–Crippen LogP) is 2.14. The maximum absolute atomic E-state index is 11.7. The average Bonchev–Trinajstić information content (AvgIpc) is 2.30. The van der Waals surface area contributed by atoms with E-state index >= 15 is 0 Å². The first-order chi connectivity index (χ1) is 8.15. The van der Waals surface area contributed by atoms with Gasteiger partial charge < -0.3 is 5.32 Å².